The third-order valence-corrected chi connectivity index (χ3v) is 9.32. The number of piperidine rings is 2. The fourth-order valence-electron chi connectivity index (χ4n) is 6.63. The molecular formula is C30H43ClN6S. The van der Waals surface area contributed by atoms with Crippen LogP contribution in [0.4, 0.5) is 17.6 Å². The first-order chi connectivity index (χ1) is 18.4. The molecular weight excluding hydrogens is 512 g/mol. The molecule has 1 aromatic heterocycles. The van der Waals surface area contributed by atoms with E-state index >= 15 is 0 Å². The molecule has 2 N–H and O–H groups in total. The molecule has 3 heterocycles. The Kier molecular flexibility index (Phi) is 8.94. The van der Waals surface area contributed by atoms with Crippen LogP contribution in [0.25, 0.3) is 0 Å². The lowest BCUT2D eigenvalue weighted by molar-refractivity contribution is 0.292. The van der Waals surface area contributed by atoms with Gasteiger partial charge in [-0.1, -0.05) is 49.9 Å². The summed E-state index contributed by atoms with van der Waals surface area (Å²) in [6, 6.07) is 11.0. The van der Waals surface area contributed by atoms with Gasteiger partial charge < -0.3 is 20.4 Å². The van der Waals surface area contributed by atoms with Crippen LogP contribution in [-0.4, -0.2) is 47.3 Å². The number of hydrogen-bond donors (Lipinski definition) is 2. The lowest BCUT2D eigenvalue weighted by atomic mass is 9.69. The molecule has 2 atom stereocenters. The molecule has 2 aromatic rings. The van der Waals surface area contributed by atoms with Crippen molar-refractivity contribution in [2.45, 2.75) is 89.5 Å². The second-order valence-electron chi connectivity index (χ2n) is 11.8. The number of halogens is 1. The molecule has 3 fully saturated rings. The molecule has 38 heavy (non-hydrogen) atoms. The third kappa shape index (κ3) is 6.53. The zero-order valence-electron chi connectivity index (χ0n) is 23.0. The maximum absolute atomic E-state index is 6.39. The standard InChI is InChI=1S/C30H43ClN6S/c1-22-10-9-16-36(20-22)26-19-27(37-17-7-4-11-23(37)2)34-28(33-26)35-29(38)32-21-30(14-5-3-6-15-30)24-12-8-13-25(31)18-24/h8,12-13,18-19,22-23H,3-7,9-11,14-17,20-21H2,1-2H3,(H2,32,33,34,35,38). The Labute approximate surface area is 238 Å². The van der Waals surface area contributed by atoms with Crippen molar-refractivity contribution in [2.24, 2.45) is 5.92 Å². The van der Waals surface area contributed by atoms with E-state index < -0.39 is 0 Å². The molecule has 0 amide bonds. The summed E-state index contributed by atoms with van der Waals surface area (Å²) in [5.74, 6) is 3.28. The number of benzene rings is 1. The van der Waals surface area contributed by atoms with Crippen LogP contribution in [0.5, 0.6) is 0 Å². The monoisotopic (exact) mass is 554 g/mol. The minimum atomic E-state index is 0.0376. The van der Waals surface area contributed by atoms with Crippen LogP contribution in [0, 0.1) is 5.92 Å². The van der Waals surface area contributed by atoms with Crippen LogP contribution in [0.1, 0.15) is 83.6 Å². The SMILES string of the molecule is CC1CCCN(c2cc(N3CCCCC3C)nc(NC(=S)NCC3(c4cccc(Cl)c4)CCCCC3)n2)C1. The first-order valence-corrected chi connectivity index (χ1v) is 15.4. The maximum Gasteiger partial charge on any atom is 0.232 e. The van der Waals surface area contributed by atoms with Gasteiger partial charge in [0, 0.05) is 48.7 Å². The maximum atomic E-state index is 6.39. The quantitative estimate of drug-likeness (QED) is 0.375. The molecule has 8 heteroatoms. The van der Waals surface area contributed by atoms with Crippen molar-refractivity contribution in [2.75, 3.05) is 41.3 Å². The van der Waals surface area contributed by atoms with Crippen LogP contribution < -0.4 is 20.4 Å². The largest absolute Gasteiger partial charge is 0.361 e. The van der Waals surface area contributed by atoms with Gasteiger partial charge in [0.05, 0.1) is 0 Å². The molecule has 1 saturated carbocycles. The summed E-state index contributed by atoms with van der Waals surface area (Å²) in [6.45, 7) is 8.54. The molecule has 5 rings (SSSR count). The zero-order valence-corrected chi connectivity index (χ0v) is 24.6. The zero-order chi connectivity index (χ0) is 26.5. The summed E-state index contributed by atoms with van der Waals surface area (Å²) in [4.78, 5) is 14.8. The van der Waals surface area contributed by atoms with E-state index in [2.05, 4.69) is 58.5 Å². The van der Waals surface area contributed by atoms with Gasteiger partial charge in [-0.3, -0.25) is 0 Å². The van der Waals surface area contributed by atoms with E-state index in [1.165, 1.54) is 56.9 Å². The van der Waals surface area contributed by atoms with Crippen LogP contribution in [0.3, 0.4) is 0 Å². The van der Waals surface area contributed by atoms with Crippen molar-refractivity contribution in [1.29, 1.82) is 0 Å². The van der Waals surface area contributed by atoms with Crippen molar-refractivity contribution >= 4 is 46.5 Å². The number of thiocarbonyl (C=S) groups is 1. The molecule has 2 unspecified atom stereocenters. The molecule has 0 radical (unpaired) electrons. The summed E-state index contributed by atoms with van der Waals surface area (Å²) in [5, 5.41) is 8.29. The van der Waals surface area contributed by atoms with E-state index in [1.807, 2.05) is 6.07 Å². The Morgan fingerprint density at radius 2 is 1.82 bits per heavy atom. The normalized spacial score (nSPS) is 23.7. The Morgan fingerprint density at radius 1 is 1.00 bits per heavy atom. The molecule has 1 aromatic carbocycles. The average Bonchev–Trinajstić information content (AvgIpc) is 2.92. The highest BCUT2D eigenvalue weighted by molar-refractivity contribution is 7.80. The minimum Gasteiger partial charge on any atom is -0.361 e. The molecule has 3 aliphatic rings. The van der Waals surface area contributed by atoms with E-state index in [-0.39, 0.29) is 5.41 Å². The molecule has 6 nitrogen and oxygen atoms in total. The van der Waals surface area contributed by atoms with Gasteiger partial charge in [0.2, 0.25) is 5.95 Å². The van der Waals surface area contributed by atoms with Gasteiger partial charge in [0.15, 0.2) is 5.11 Å². The van der Waals surface area contributed by atoms with Crippen molar-refractivity contribution in [3.63, 3.8) is 0 Å². The first-order valence-electron chi connectivity index (χ1n) is 14.6. The predicted octanol–water partition coefficient (Wildman–Crippen LogP) is 6.93. The number of aromatic nitrogens is 2. The van der Waals surface area contributed by atoms with Gasteiger partial charge in [-0.05, 0) is 87.7 Å². The highest BCUT2D eigenvalue weighted by Gasteiger charge is 2.34. The number of nitrogens with zero attached hydrogens (tertiary/aromatic N) is 4. The number of nitrogens with one attached hydrogen (secondary N) is 2. The van der Waals surface area contributed by atoms with Crippen LogP contribution in [0.15, 0.2) is 30.3 Å². The molecule has 0 spiro atoms. The van der Waals surface area contributed by atoms with Gasteiger partial charge in [-0.2, -0.15) is 9.97 Å². The van der Waals surface area contributed by atoms with E-state index in [1.54, 1.807) is 0 Å². The summed E-state index contributed by atoms with van der Waals surface area (Å²) in [6.07, 6.45) is 12.2. The highest BCUT2D eigenvalue weighted by atomic mass is 35.5. The Balaban J connectivity index is 1.34. The molecule has 0 bridgehead atoms. The minimum absolute atomic E-state index is 0.0376. The van der Waals surface area contributed by atoms with Crippen molar-refractivity contribution in [3.8, 4) is 0 Å². The Bertz CT molecular complexity index is 1100. The van der Waals surface area contributed by atoms with Gasteiger partial charge in [-0.15, -0.1) is 0 Å². The van der Waals surface area contributed by atoms with Crippen LogP contribution >= 0.6 is 23.8 Å². The number of hydrogen-bond acceptors (Lipinski definition) is 5. The average molecular weight is 555 g/mol. The summed E-state index contributed by atoms with van der Waals surface area (Å²) >= 11 is 12.2. The van der Waals surface area contributed by atoms with Gasteiger partial charge in [-0.25, -0.2) is 0 Å². The Morgan fingerprint density at radius 3 is 2.58 bits per heavy atom. The molecule has 1 aliphatic carbocycles. The highest BCUT2D eigenvalue weighted by Crippen LogP contribution is 2.40. The van der Waals surface area contributed by atoms with Gasteiger partial charge in [0.25, 0.3) is 0 Å². The Hall–Kier alpha value is -2.12. The van der Waals surface area contributed by atoms with Crippen molar-refractivity contribution < 1.29 is 0 Å². The molecule has 206 valence electrons. The van der Waals surface area contributed by atoms with Crippen molar-refractivity contribution in [1.82, 2.24) is 15.3 Å². The topological polar surface area (TPSA) is 56.3 Å². The second kappa shape index (κ2) is 12.4. The summed E-state index contributed by atoms with van der Waals surface area (Å²) in [7, 11) is 0. The molecule has 2 saturated heterocycles. The first kappa shape index (κ1) is 27.4. The lowest BCUT2D eigenvalue weighted by Gasteiger charge is -2.38. The van der Waals surface area contributed by atoms with E-state index in [0.29, 0.717) is 23.0 Å². The fraction of sp³-hybridized carbons (Fsp3) is 0.633. The number of anilines is 3. The summed E-state index contributed by atoms with van der Waals surface area (Å²) in [5.41, 5.74) is 1.34. The van der Waals surface area contributed by atoms with Gasteiger partial charge >= 0.3 is 0 Å². The lowest BCUT2D eigenvalue weighted by Crippen LogP contribution is -2.44. The van der Waals surface area contributed by atoms with E-state index in [0.717, 1.165) is 55.7 Å². The number of rotatable bonds is 6. The third-order valence-electron chi connectivity index (χ3n) is 8.84. The van der Waals surface area contributed by atoms with Gasteiger partial charge in [0.1, 0.15) is 11.6 Å². The van der Waals surface area contributed by atoms with Crippen LogP contribution in [-0.2, 0) is 5.41 Å². The predicted molar refractivity (Wildman–Crippen MR) is 164 cm³/mol. The smallest absolute Gasteiger partial charge is 0.232 e. The van der Waals surface area contributed by atoms with E-state index in [9.17, 15) is 0 Å². The van der Waals surface area contributed by atoms with Crippen LogP contribution in [0.2, 0.25) is 5.02 Å². The summed E-state index contributed by atoms with van der Waals surface area (Å²) < 4.78 is 0. The van der Waals surface area contributed by atoms with E-state index in [4.69, 9.17) is 33.8 Å². The molecule has 2 aliphatic heterocycles. The van der Waals surface area contributed by atoms with Crippen molar-refractivity contribution in [3.05, 3.63) is 40.9 Å². The fourth-order valence-corrected chi connectivity index (χ4v) is 6.99. The second-order valence-corrected chi connectivity index (χ2v) is 12.6.